The summed E-state index contributed by atoms with van der Waals surface area (Å²) in [5, 5.41) is 7.00. The maximum atomic E-state index is 13.3. The van der Waals surface area contributed by atoms with Gasteiger partial charge >= 0.3 is 0 Å². The molecule has 2 aromatic heterocycles. The predicted molar refractivity (Wildman–Crippen MR) is 119 cm³/mol. The van der Waals surface area contributed by atoms with Crippen molar-refractivity contribution in [3.05, 3.63) is 69.1 Å². The van der Waals surface area contributed by atoms with E-state index in [2.05, 4.69) is 10.3 Å². The monoisotopic (exact) mass is 445 g/mol. The molecule has 0 aliphatic rings. The lowest BCUT2D eigenvalue weighted by Crippen LogP contribution is -2.35. The molecule has 8 heteroatoms. The largest absolute Gasteiger partial charge is 0.338 e. The fourth-order valence-corrected chi connectivity index (χ4v) is 4.76. The van der Waals surface area contributed by atoms with E-state index in [0.29, 0.717) is 17.2 Å². The Morgan fingerprint density at radius 3 is 2.50 bits per heavy atom. The first-order valence-corrected chi connectivity index (χ1v) is 11.4. The first-order valence-electron chi connectivity index (χ1n) is 9.61. The average Bonchev–Trinajstić information content (AvgIpc) is 3.35. The quantitative estimate of drug-likeness (QED) is 0.535. The maximum absolute atomic E-state index is 13.3. The minimum Gasteiger partial charge on any atom is -0.338 e. The minimum absolute atomic E-state index is 0.0835. The van der Waals surface area contributed by atoms with Gasteiger partial charge in [-0.15, -0.1) is 22.7 Å². The van der Waals surface area contributed by atoms with Crippen LogP contribution in [0.15, 0.2) is 47.2 Å². The maximum Gasteiger partial charge on any atom is 0.231 e. The zero-order valence-electron chi connectivity index (χ0n) is 17.1. The van der Waals surface area contributed by atoms with Crippen LogP contribution in [0.4, 0.5) is 9.52 Å². The molecule has 0 radical (unpaired) electrons. The number of benzene rings is 1. The standard InChI is InChI=1S/C22H24FN3O2S2/c1-14(2)21(15-6-8-16(23)9-7-15)26(3)20(28)11-17-13-30-22(24-17)25-19(27)12-18-5-4-10-29-18/h4-10,13-14,21H,11-12H2,1-3H3,(H,24,25,27). The van der Waals surface area contributed by atoms with Crippen LogP contribution in [-0.2, 0) is 22.4 Å². The molecule has 0 aliphatic carbocycles. The van der Waals surface area contributed by atoms with E-state index in [1.807, 2.05) is 31.4 Å². The average molecular weight is 446 g/mol. The summed E-state index contributed by atoms with van der Waals surface area (Å²) < 4.78 is 13.3. The van der Waals surface area contributed by atoms with Crippen molar-refractivity contribution in [2.24, 2.45) is 5.92 Å². The van der Waals surface area contributed by atoms with Gasteiger partial charge in [0.2, 0.25) is 11.8 Å². The van der Waals surface area contributed by atoms with Gasteiger partial charge in [0, 0.05) is 17.3 Å². The van der Waals surface area contributed by atoms with Crippen molar-refractivity contribution in [1.29, 1.82) is 0 Å². The van der Waals surface area contributed by atoms with Crippen molar-refractivity contribution in [3.8, 4) is 0 Å². The predicted octanol–water partition coefficient (Wildman–Crippen LogP) is 4.92. The number of aromatic nitrogens is 1. The number of anilines is 1. The zero-order valence-corrected chi connectivity index (χ0v) is 18.7. The molecule has 30 heavy (non-hydrogen) atoms. The van der Waals surface area contributed by atoms with Crippen molar-refractivity contribution < 1.29 is 14.0 Å². The number of rotatable bonds is 8. The Kier molecular flexibility index (Phi) is 7.33. The van der Waals surface area contributed by atoms with Gasteiger partial charge in [-0.05, 0) is 35.1 Å². The molecule has 3 rings (SSSR count). The number of carbonyl (C=O) groups excluding carboxylic acids is 2. The van der Waals surface area contributed by atoms with E-state index >= 15 is 0 Å². The number of hydrogen-bond donors (Lipinski definition) is 1. The van der Waals surface area contributed by atoms with E-state index in [1.54, 1.807) is 29.5 Å². The molecule has 1 N–H and O–H groups in total. The van der Waals surface area contributed by atoms with Gasteiger partial charge in [0.15, 0.2) is 5.13 Å². The molecule has 0 aliphatic heterocycles. The molecule has 0 saturated carbocycles. The fourth-order valence-electron chi connectivity index (χ4n) is 3.33. The highest BCUT2D eigenvalue weighted by Gasteiger charge is 2.25. The summed E-state index contributed by atoms with van der Waals surface area (Å²) >= 11 is 2.84. The van der Waals surface area contributed by atoms with Gasteiger partial charge in [-0.3, -0.25) is 9.59 Å². The molecule has 0 spiro atoms. The SMILES string of the molecule is CC(C)C(c1ccc(F)cc1)N(C)C(=O)Cc1csc(NC(=O)Cc2cccs2)n1. The Bertz CT molecular complexity index is 984. The Hall–Kier alpha value is -2.58. The molecular formula is C22H24FN3O2S2. The highest BCUT2D eigenvalue weighted by molar-refractivity contribution is 7.14. The topological polar surface area (TPSA) is 62.3 Å². The summed E-state index contributed by atoms with van der Waals surface area (Å²) in [7, 11) is 1.76. The van der Waals surface area contributed by atoms with Gasteiger partial charge in [0.1, 0.15) is 5.82 Å². The second-order valence-electron chi connectivity index (χ2n) is 7.37. The summed E-state index contributed by atoms with van der Waals surface area (Å²) in [5.41, 5.74) is 1.51. The van der Waals surface area contributed by atoms with E-state index in [4.69, 9.17) is 0 Å². The van der Waals surface area contributed by atoms with Crippen molar-refractivity contribution in [2.75, 3.05) is 12.4 Å². The smallest absolute Gasteiger partial charge is 0.231 e. The van der Waals surface area contributed by atoms with E-state index < -0.39 is 0 Å². The molecule has 3 aromatic rings. The van der Waals surface area contributed by atoms with Crippen LogP contribution in [0.25, 0.3) is 0 Å². The highest BCUT2D eigenvalue weighted by Crippen LogP contribution is 2.28. The Morgan fingerprint density at radius 1 is 1.13 bits per heavy atom. The number of carbonyl (C=O) groups is 2. The number of nitrogens with zero attached hydrogens (tertiary/aromatic N) is 2. The van der Waals surface area contributed by atoms with Crippen LogP contribution in [0.3, 0.4) is 0 Å². The van der Waals surface area contributed by atoms with Gasteiger partial charge in [0.05, 0.1) is 24.6 Å². The number of halogens is 1. The summed E-state index contributed by atoms with van der Waals surface area (Å²) in [5.74, 6) is -0.351. The summed E-state index contributed by atoms with van der Waals surface area (Å²) in [6, 6.07) is 9.91. The lowest BCUT2D eigenvalue weighted by atomic mass is 9.94. The van der Waals surface area contributed by atoms with Crippen LogP contribution in [0.5, 0.6) is 0 Å². The third-order valence-electron chi connectivity index (χ3n) is 4.70. The zero-order chi connectivity index (χ0) is 21.7. The first kappa shape index (κ1) is 22.1. The number of hydrogen-bond acceptors (Lipinski definition) is 5. The van der Waals surface area contributed by atoms with Crippen molar-refractivity contribution >= 4 is 39.6 Å². The molecule has 2 heterocycles. The van der Waals surface area contributed by atoms with Gasteiger partial charge in [-0.2, -0.15) is 0 Å². The Labute approximate surface area is 183 Å². The number of likely N-dealkylation sites (N-methyl/N-ethyl adjacent to an activating group) is 1. The van der Waals surface area contributed by atoms with Gasteiger partial charge in [0.25, 0.3) is 0 Å². The van der Waals surface area contributed by atoms with E-state index in [9.17, 15) is 14.0 Å². The van der Waals surface area contributed by atoms with Gasteiger partial charge in [-0.1, -0.05) is 32.0 Å². The lowest BCUT2D eigenvalue weighted by molar-refractivity contribution is -0.132. The third-order valence-corrected chi connectivity index (χ3v) is 6.38. The Balaban J connectivity index is 1.62. The molecule has 1 unspecified atom stereocenters. The molecule has 0 saturated heterocycles. The van der Waals surface area contributed by atoms with Crippen molar-refractivity contribution in [2.45, 2.75) is 32.7 Å². The second-order valence-corrected chi connectivity index (χ2v) is 9.26. The van der Waals surface area contributed by atoms with Crippen LogP contribution in [0, 0.1) is 11.7 Å². The molecule has 0 bridgehead atoms. The molecular weight excluding hydrogens is 421 g/mol. The van der Waals surface area contributed by atoms with Crippen molar-refractivity contribution in [3.63, 3.8) is 0 Å². The number of thiazole rings is 1. The normalized spacial score (nSPS) is 12.0. The molecule has 5 nitrogen and oxygen atoms in total. The van der Waals surface area contributed by atoms with E-state index in [-0.39, 0.29) is 36.0 Å². The number of thiophene rings is 1. The van der Waals surface area contributed by atoms with Gasteiger partial charge in [-0.25, -0.2) is 9.37 Å². The van der Waals surface area contributed by atoms with Gasteiger partial charge < -0.3 is 10.2 Å². The second kappa shape index (κ2) is 9.95. The summed E-state index contributed by atoms with van der Waals surface area (Å²) in [4.78, 5) is 32.1. The summed E-state index contributed by atoms with van der Waals surface area (Å²) in [6.07, 6.45) is 0.445. The molecule has 0 fully saturated rings. The molecule has 2 amide bonds. The van der Waals surface area contributed by atoms with Crippen LogP contribution >= 0.6 is 22.7 Å². The lowest BCUT2D eigenvalue weighted by Gasteiger charge is -2.31. The highest BCUT2D eigenvalue weighted by atomic mass is 32.1. The van der Waals surface area contributed by atoms with E-state index in [1.165, 1.54) is 34.8 Å². The third kappa shape index (κ3) is 5.73. The fraction of sp³-hybridized carbons (Fsp3) is 0.318. The summed E-state index contributed by atoms with van der Waals surface area (Å²) in [6.45, 7) is 4.06. The van der Waals surface area contributed by atoms with Crippen LogP contribution in [-0.4, -0.2) is 28.7 Å². The van der Waals surface area contributed by atoms with E-state index in [0.717, 1.165) is 10.4 Å². The number of nitrogens with one attached hydrogen (secondary N) is 1. The Morgan fingerprint density at radius 2 is 1.87 bits per heavy atom. The number of amides is 2. The van der Waals surface area contributed by atoms with Crippen LogP contribution in [0.2, 0.25) is 0 Å². The van der Waals surface area contributed by atoms with Crippen LogP contribution < -0.4 is 5.32 Å². The molecule has 1 atom stereocenters. The van der Waals surface area contributed by atoms with Crippen LogP contribution in [0.1, 0.15) is 36.0 Å². The molecule has 158 valence electrons. The first-order chi connectivity index (χ1) is 14.3. The van der Waals surface area contributed by atoms with Crippen molar-refractivity contribution in [1.82, 2.24) is 9.88 Å². The minimum atomic E-state index is -0.300. The molecule has 1 aromatic carbocycles.